The van der Waals surface area contributed by atoms with Gasteiger partial charge in [-0.05, 0) is 30.5 Å². The van der Waals surface area contributed by atoms with Crippen molar-refractivity contribution in [1.29, 1.82) is 0 Å². The van der Waals surface area contributed by atoms with Crippen molar-refractivity contribution in [2.45, 2.75) is 19.9 Å². The number of likely N-dealkylation sites (tertiary alicyclic amines) is 1. The first-order valence-electron chi connectivity index (χ1n) is 6.81. The van der Waals surface area contributed by atoms with Gasteiger partial charge in [-0.1, -0.05) is 6.07 Å². The second kappa shape index (κ2) is 6.84. The third kappa shape index (κ3) is 3.37. The third-order valence-corrected chi connectivity index (χ3v) is 3.85. The molecule has 0 N–H and O–H groups in total. The quantitative estimate of drug-likeness (QED) is 0.758. The van der Waals surface area contributed by atoms with E-state index in [0.29, 0.717) is 37.0 Å². The molecule has 1 fully saturated rings. The first-order chi connectivity index (χ1) is 9.67. The molecule has 110 valence electrons. The summed E-state index contributed by atoms with van der Waals surface area (Å²) in [5, 5.41) is 0. The Hall–Kier alpha value is -1.42. The summed E-state index contributed by atoms with van der Waals surface area (Å²) >= 11 is 5.83. The van der Waals surface area contributed by atoms with Crippen molar-refractivity contribution in [2.75, 3.05) is 26.1 Å². The SMILES string of the molecule is CCOc1cc(CN2CC(CCl)CC2=O)ccc1OC. The molecule has 1 unspecified atom stereocenters. The average molecular weight is 298 g/mol. The van der Waals surface area contributed by atoms with Gasteiger partial charge in [0.1, 0.15) is 0 Å². The van der Waals surface area contributed by atoms with Crippen LogP contribution in [0.15, 0.2) is 18.2 Å². The van der Waals surface area contributed by atoms with E-state index in [1.54, 1.807) is 7.11 Å². The van der Waals surface area contributed by atoms with Crippen LogP contribution in [0.2, 0.25) is 0 Å². The highest BCUT2D eigenvalue weighted by atomic mass is 35.5. The van der Waals surface area contributed by atoms with E-state index >= 15 is 0 Å². The maximum Gasteiger partial charge on any atom is 0.223 e. The molecule has 0 radical (unpaired) electrons. The van der Waals surface area contributed by atoms with Crippen molar-refractivity contribution in [2.24, 2.45) is 5.92 Å². The number of amides is 1. The van der Waals surface area contributed by atoms with Crippen LogP contribution in [-0.4, -0.2) is 36.9 Å². The Labute approximate surface area is 124 Å². The van der Waals surface area contributed by atoms with Crippen LogP contribution in [-0.2, 0) is 11.3 Å². The topological polar surface area (TPSA) is 38.8 Å². The second-order valence-corrected chi connectivity index (χ2v) is 5.23. The molecule has 0 saturated carbocycles. The van der Waals surface area contributed by atoms with Gasteiger partial charge in [-0.2, -0.15) is 0 Å². The van der Waals surface area contributed by atoms with Crippen LogP contribution >= 0.6 is 11.6 Å². The van der Waals surface area contributed by atoms with Gasteiger partial charge in [0.2, 0.25) is 5.91 Å². The van der Waals surface area contributed by atoms with Gasteiger partial charge in [-0.15, -0.1) is 11.6 Å². The molecular formula is C15H20ClNO3. The van der Waals surface area contributed by atoms with Crippen LogP contribution in [0.25, 0.3) is 0 Å². The number of hydrogen-bond acceptors (Lipinski definition) is 3. The lowest BCUT2D eigenvalue weighted by molar-refractivity contribution is -0.128. The van der Waals surface area contributed by atoms with Crippen LogP contribution in [0, 0.1) is 5.92 Å². The van der Waals surface area contributed by atoms with Crippen molar-refractivity contribution in [3.8, 4) is 11.5 Å². The Kier molecular flexibility index (Phi) is 5.12. The first kappa shape index (κ1) is 15.0. The predicted molar refractivity (Wildman–Crippen MR) is 78.4 cm³/mol. The molecule has 0 aliphatic carbocycles. The highest BCUT2D eigenvalue weighted by Crippen LogP contribution is 2.29. The lowest BCUT2D eigenvalue weighted by Crippen LogP contribution is -2.24. The molecule has 0 aromatic heterocycles. The number of halogens is 1. The largest absolute Gasteiger partial charge is 0.493 e. The maximum absolute atomic E-state index is 11.9. The number of carbonyl (C=O) groups is 1. The summed E-state index contributed by atoms with van der Waals surface area (Å²) in [5.74, 6) is 2.41. The summed E-state index contributed by atoms with van der Waals surface area (Å²) in [4.78, 5) is 13.7. The number of benzene rings is 1. The highest BCUT2D eigenvalue weighted by Gasteiger charge is 2.28. The molecule has 0 bridgehead atoms. The fraction of sp³-hybridized carbons (Fsp3) is 0.533. The Morgan fingerprint density at radius 1 is 1.40 bits per heavy atom. The van der Waals surface area contributed by atoms with E-state index in [4.69, 9.17) is 21.1 Å². The first-order valence-corrected chi connectivity index (χ1v) is 7.34. The van der Waals surface area contributed by atoms with Gasteiger partial charge >= 0.3 is 0 Å². The molecule has 4 nitrogen and oxygen atoms in total. The zero-order valence-electron chi connectivity index (χ0n) is 11.9. The monoisotopic (exact) mass is 297 g/mol. The minimum Gasteiger partial charge on any atom is -0.493 e. The molecule has 1 aromatic rings. The van der Waals surface area contributed by atoms with Crippen molar-refractivity contribution < 1.29 is 14.3 Å². The van der Waals surface area contributed by atoms with Gasteiger partial charge in [0.25, 0.3) is 0 Å². The Morgan fingerprint density at radius 2 is 2.20 bits per heavy atom. The smallest absolute Gasteiger partial charge is 0.223 e. The summed E-state index contributed by atoms with van der Waals surface area (Å²) in [5.41, 5.74) is 1.04. The number of methoxy groups -OCH3 is 1. The maximum atomic E-state index is 11.9. The normalized spacial score (nSPS) is 18.4. The van der Waals surface area contributed by atoms with Crippen LogP contribution in [0.3, 0.4) is 0 Å². The average Bonchev–Trinajstić information content (AvgIpc) is 2.80. The van der Waals surface area contributed by atoms with Gasteiger partial charge in [-0.25, -0.2) is 0 Å². The van der Waals surface area contributed by atoms with E-state index in [1.807, 2.05) is 30.0 Å². The minimum absolute atomic E-state index is 0.171. The summed E-state index contributed by atoms with van der Waals surface area (Å²) < 4.78 is 10.8. The fourth-order valence-electron chi connectivity index (χ4n) is 2.42. The van der Waals surface area contributed by atoms with Crippen LogP contribution in [0.1, 0.15) is 18.9 Å². The number of rotatable bonds is 6. The second-order valence-electron chi connectivity index (χ2n) is 4.92. The Balaban J connectivity index is 2.09. The number of ether oxygens (including phenoxy) is 2. The molecule has 1 aliphatic heterocycles. The van der Waals surface area contributed by atoms with Gasteiger partial charge in [0.05, 0.1) is 13.7 Å². The van der Waals surface area contributed by atoms with E-state index in [2.05, 4.69) is 0 Å². The number of alkyl halides is 1. The molecule has 2 rings (SSSR count). The van der Waals surface area contributed by atoms with Crippen molar-refractivity contribution in [1.82, 2.24) is 4.90 Å². The van der Waals surface area contributed by atoms with Gasteiger partial charge in [0.15, 0.2) is 11.5 Å². The minimum atomic E-state index is 0.171. The summed E-state index contributed by atoms with van der Waals surface area (Å²) in [6.07, 6.45) is 0.554. The van der Waals surface area contributed by atoms with Crippen LogP contribution in [0.4, 0.5) is 0 Å². The Bertz CT molecular complexity index is 478. The molecule has 1 aliphatic rings. The standard InChI is InChI=1S/C15H20ClNO3/c1-3-20-14-6-11(4-5-13(14)19-2)9-17-10-12(8-16)7-15(17)18/h4-6,12H,3,7-10H2,1-2H3. The molecule has 1 heterocycles. The van der Waals surface area contributed by atoms with Crippen molar-refractivity contribution in [3.05, 3.63) is 23.8 Å². The molecule has 5 heteroatoms. The molecule has 1 aromatic carbocycles. The van der Waals surface area contributed by atoms with Crippen LogP contribution < -0.4 is 9.47 Å². The third-order valence-electron chi connectivity index (χ3n) is 3.41. The number of hydrogen-bond donors (Lipinski definition) is 0. The molecule has 1 amide bonds. The van der Waals surface area contributed by atoms with E-state index in [1.165, 1.54) is 0 Å². The molecule has 20 heavy (non-hydrogen) atoms. The zero-order valence-corrected chi connectivity index (χ0v) is 12.7. The number of nitrogens with zero attached hydrogens (tertiary/aromatic N) is 1. The van der Waals surface area contributed by atoms with E-state index in [0.717, 1.165) is 12.1 Å². The number of carbonyl (C=O) groups excluding carboxylic acids is 1. The lowest BCUT2D eigenvalue weighted by Gasteiger charge is -2.18. The molecule has 1 atom stereocenters. The molecule has 0 spiro atoms. The predicted octanol–water partition coefficient (Wildman–Crippen LogP) is 2.68. The zero-order chi connectivity index (χ0) is 14.5. The highest BCUT2D eigenvalue weighted by molar-refractivity contribution is 6.18. The summed E-state index contributed by atoms with van der Waals surface area (Å²) in [6, 6.07) is 5.77. The van der Waals surface area contributed by atoms with E-state index in [9.17, 15) is 4.79 Å². The van der Waals surface area contributed by atoms with Gasteiger partial charge in [0, 0.05) is 25.4 Å². The van der Waals surface area contributed by atoms with Crippen molar-refractivity contribution in [3.63, 3.8) is 0 Å². The molecular weight excluding hydrogens is 278 g/mol. The van der Waals surface area contributed by atoms with E-state index in [-0.39, 0.29) is 11.8 Å². The van der Waals surface area contributed by atoms with Gasteiger partial charge < -0.3 is 14.4 Å². The lowest BCUT2D eigenvalue weighted by atomic mass is 10.1. The summed E-state index contributed by atoms with van der Waals surface area (Å²) in [7, 11) is 1.62. The van der Waals surface area contributed by atoms with Crippen molar-refractivity contribution >= 4 is 17.5 Å². The summed E-state index contributed by atoms with van der Waals surface area (Å²) in [6.45, 7) is 3.84. The fourth-order valence-corrected chi connectivity index (χ4v) is 2.63. The molecule has 1 saturated heterocycles. The van der Waals surface area contributed by atoms with Gasteiger partial charge in [-0.3, -0.25) is 4.79 Å². The Morgan fingerprint density at radius 3 is 2.80 bits per heavy atom. The van der Waals surface area contributed by atoms with Crippen LogP contribution in [0.5, 0.6) is 11.5 Å². The van der Waals surface area contributed by atoms with E-state index < -0.39 is 0 Å².